The predicted octanol–water partition coefficient (Wildman–Crippen LogP) is 8.19. The van der Waals surface area contributed by atoms with Crippen LogP contribution < -0.4 is 5.32 Å². The van der Waals surface area contributed by atoms with Crippen LogP contribution in [0.15, 0.2) is 12.2 Å². The van der Waals surface area contributed by atoms with Crippen LogP contribution in [-0.2, 0) is 9.53 Å². The van der Waals surface area contributed by atoms with E-state index in [2.05, 4.69) is 12.2 Å². The zero-order chi connectivity index (χ0) is 36.0. The van der Waals surface area contributed by atoms with E-state index in [4.69, 9.17) is 4.74 Å². The number of nitrogens with one attached hydrogen (secondary N) is 1. The lowest BCUT2D eigenvalue weighted by Gasteiger charge is -2.32. The lowest BCUT2D eigenvalue weighted by atomic mass is 9.96. The normalized spacial score (nSPS) is 22.3. The summed E-state index contributed by atoms with van der Waals surface area (Å²) in [5.74, 6) is -0.168. The lowest BCUT2D eigenvalue weighted by Crippen LogP contribution is -2.50. The van der Waals surface area contributed by atoms with Crippen molar-refractivity contribution < 1.29 is 35.1 Å². The molecule has 0 aromatic heterocycles. The summed E-state index contributed by atoms with van der Waals surface area (Å²) >= 11 is 0. The summed E-state index contributed by atoms with van der Waals surface area (Å²) in [4.78, 5) is 12.8. The fourth-order valence-corrected chi connectivity index (χ4v) is 6.82. The van der Waals surface area contributed by atoms with E-state index in [1.807, 2.05) is 6.92 Å². The molecular weight excluding hydrogens is 618 g/mol. The molecule has 1 rings (SSSR count). The lowest BCUT2D eigenvalue weighted by molar-refractivity contribution is -0.132. The molecule has 0 saturated carbocycles. The third-order valence-electron chi connectivity index (χ3n) is 10.3. The first-order chi connectivity index (χ1) is 23.8. The molecule has 1 amide bonds. The highest BCUT2D eigenvalue weighted by atomic mass is 16.5. The fraction of sp³-hybridized carbons (Fsp3) is 0.927. The van der Waals surface area contributed by atoms with Gasteiger partial charge >= 0.3 is 0 Å². The average molecular weight is 698 g/mol. The van der Waals surface area contributed by atoms with Gasteiger partial charge in [-0.25, -0.2) is 0 Å². The van der Waals surface area contributed by atoms with Crippen LogP contribution in [0.4, 0.5) is 0 Å². The first kappa shape index (κ1) is 46.0. The minimum absolute atomic E-state index is 0.0724. The van der Waals surface area contributed by atoms with Crippen LogP contribution in [-0.4, -0.2) is 80.7 Å². The molecule has 0 bridgehead atoms. The number of ether oxygens (including phenoxy) is 1. The number of hydrogen-bond acceptors (Lipinski definition) is 7. The molecule has 1 aliphatic carbocycles. The molecule has 49 heavy (non-hydrogen) atoms. The van der Waals surface area contributed by atoms with E-state index >= 15 is 0 Å². The van der Waals surface area contributed by atoms with Crippen molar-refractivity contribution in [2.75, 3.05) is 6.61 Å². The second-order valence-electron chi connectivity index (χ2n) is 14.9. The molecule has 7 atom stereocenters. The van der Waals surface area contributed by atoms with Gasteiger partial charge in [-0.15, -0.1) is 0 Å². The quantitative estimate of drug-likeness (QED) is 0.0308. The Morgan fingerprint density at radius 3 is 1.59 bits per heavy atom. The minimum atomic E-state index is -1.39. The molecule has 0 fully saturated rings. The monoisotopic (exact) mass is 698 g/mol. The first-order valence-corrected chi connectivity index (χ1v) is 20.8. The van der Waals surface area contributed by atoms with Gasteiger partial charge in [0.25, 0.3) is 0 Å². The average Bonchev–Trinajstić information content (AvgIpc) is 3.09. The van der Waals surface area contributed by atoms with Crippen molar-refractivity contribution in [3.8, 4) is 0 Å². The van der Waals surface area contributed by atoms with Gasteiger partial charge in [0.05, 0.1) is 31.0 Å². The van der Waals surface area contributed by atoms with Crippen LogP contribution in [0.2, 0.25) is 0 Å². The molecule has 1 aliphatic rings. The van der Waals surface area contributed by atoms with Crippen molar-refractivity contribution >= 4 is 5.91 Å². The van der Waals surface area contributed by atoms with E-state index in [1.165, 1.54) is 134 Å². The SMILES string of the molecule is CCCCCCCCCCCCCCCCCCCCCCCCCC(=O)NC(COC1CC/C=C\C(O)C(O)C1O)C(O)CC(O)CC. The Bertz CT molecular complexity index is 781. The number of carbonyl (C=O) groups is 1. The van der Waals surface area contributed by atoms with Crippen LogP contribution in [0.3, 0.4) is 0 Å². The van der Waals surface area contributed by atoms with Gasteiger partial charge in [-0.2, -0.15) is 0 Å². The third-order valence-corrected chi connectivity index (χ3v) is 10.3. The smallest absolute Gasteiger partial charge is 0.220 e. The molecule has 0 aromatic carbocycles. The van der Waals surface area contributed by atoms with E-state index in [1.54, 1.807) is 6.08 Å². The number of aliphatic hydroxyl groups excluding tert-OH is 5. The van der Waals surface area contributed by atoms with Gasteiger partial charge < -0.3 is 35.6 Å². The van der Waals surface area contributed by atoms with Crippen LogP contribution in [0, 0.1) is 0 Å². The molecule has 0 spiro atoms. The second kappa shape index (κ2) is 31.7. The van der Waals surface area contributed by atoms with Crippen molar-refractivity contribution in [3.63, 3.8) is 0 Å². The maximum absolute atomic E-state index is 12.8. The highest BCUT2D eigenvalue weighted by Crippen LogP contribution is 2.20. The van der Waals surface area contributed by atoms with Crippen molar-refractivity contribution in [1.29, 1.82) is 0 Å². The van der Waals surface area contributed by atoms with Gasteiger partial charge in [0.1, 0.15) is 18.3 Å². The molecule has 0 heterocycles. The fourth-order valence-electron chi connectivity index (χ4n) is 6.82. The van der Waals surface area contributed by atoms with Crippen molar-refractivity contribution in [2.45, 2.75) is 236 Å². The Hall–Kier alpha value is -1.03. The molecule has 0 aromatic rings. The maximum Gasteiger partial charge on any atom is 0.220 e. The summed E-state index contributed by atoms with van der Waals surface area (Å²) in [6, 6.07) is -0.756. The van der Waals surface area contributed by atoms with E-state index < -0.39 is 42.7 Å². The molecule has 0 saturated heterocycles. The minimum Gasteiger partial charge on any atom is -0.393 e. The molecule has 0 radical (unpaired) electrons. The molecule has 7 unspecified atom stereocenters. The summed E-state index contributed by atoms with van der Waals surface area (Å²) in [7, 11) is 0. The summed E-state index contributed by atoms with van der Waals surface area (Å²) in [5.41, 5.74) is 0. The second-order valence-corrected chi connectivity index (χ2v) is 14.9. The summed E-state index contributed by atoms with van der Waals surface area (Å²) < 4.78 is 5.89. The van der Waals surface area contributed by atoms with E-state index in [9.17, 15) is 30.3 Å². The van der Waals surface area contributed by atoms with E-state index in [-0.39, 0.29) is 18.9 Å². The maximum atomic E-state index is 12.8. The zero-order valence-electron chi connectivity index (χ0n) is 31.8. The Morgan fingerprint density at radius 2 is 1.14 bits per heavy atom. The Morgan fingerprint density at radius 1 is 0.694 bits per heavy atom. The van der Waals surface area contributed by atoms with Crippen LogP contribution in [0.1, 0.15) is 194 Å². The van der Waals surface area contributed by atoms with E-state index in [0.717, 1.165) is 19.3 Å². The van der Waals surface area contributed by atoms with Gasteiger partial charge in [-0.05, 0) is 25.7 Å². The summed E-state index contributed by atoms with van der Waals surface area (Å²) in [6.45, 7) is 4.04. The van der Waals surface area contributed by atoms with Crippen molar-refractivity contribution in [3.05, 3.63) is 12.2 Å². The first-order valence-electron chi connectivity index (χ1n) is 20.8. The molecule has 6 N–H and O–H groups in total. The molecule has 8 heteroatoms. The Balaban J connectivity index is 2.09. The van der Waals surface area contributed by atoms with Gasteiger partial charge in [0.15, 0.2) is 0 Å². The number of hydrogen-bond donors (Lipinski definition) is 6. The summed E-state index contributed by atoms with van der Waals surface area (Å²) in [5, 5.41) is 54.4. The molecule has 290 valence electrons. The number of rotatable bonds is 32. The van der Waals surface area contributed by atoms with Crippen LogP contribution in [0.5, 0.6) is 0 Å². The number of amides is 1. The highest BCUT2D eigenvalue weighted by molar-refractivity contribution is 5.76. The van der Waals surface area contributed by atoms with Gasteiger partial charge in [0, 0.05) is 12.8 Å². The molecule has 0 aliphatic heterocycles. The Kier molecular flexibility index (Phi) is 29.7. The third kappa shape index (κ3) is 24.7. The molecule has 8 nitrogen and oxygen atoms in total. The largest absolute Gasteiger partial charge is 0.393 e. The standard InChI is InChI=1S/C41H79NO7/c1-3-5-6-7-8-9-10-11-12-13-14-15-16-17-18-19-20-21-22-23-24-25-26-31-39(46)42-35(37(45)32-34(43)4-2)33-49-38-30-28-27-29-36(44)40(47)41(38)48/h27,29,34-38,40-41,43-45,47-48H,3-26,28,30-33H2,1-2H3,(H,42,46)/b29-27-. The molecular formula is C41H79NO7. The number of allylic oxidation sites excluding steroid dienone is 1. The van der Waals surface area contributed by atoms with E-state index in [0.29, 0.717) is 25.7 Å². The number of aliphatic hydroxyl groups is 5. The Labute approximate surface area is 300 Å². The topological polar surface area (TPSA) is 139 Å². The van der Waals surface area contributed by atoms with Gasteiger partial charge in [-0.1, -0.05) is 167 Å². The zero-order valence-corrected chi connectivity index (χ0v) is 31.8. The van der Waals surface area contributed by atoms with Crippen molar-refractivity contribution in [1.82, 2.24) is 5.32 Å². The van der Waals surface area contributed by atoms with Crippen LogP contribution in [0.25, 0.3) is 0 Å². The predicted molar refractivity (Wildman–Crippen MR) is 201 cm³/mol. The van der Waals surface area contributed by atoms with Gasteiger partial charge in [-0.3, -0.25) is 4.79 Å². The number of carbonyl (C=O) groups excluding carboxylic acids is 1. The highest BCUT2D eigenvalue weighted by Gasteiger charge is 2.33. The van der Waals surface area contributed by atoms with Gasteiger partial charge in [0.2, 0.25) is 5.91 Å². The number of unbranched alkanes of at least 4 members (excludes halogenated alkanes) is 22. The van der Waals surface area contributed by atoms with Crippen molar-refractivity contribution in [2.24, 2.45) is 0 Å². The summed E-state index contributed by atoms with van der Waals surface area (Å²) in [6.07, 6.45) is 29.3. The van der Waals surface area contributed by atoms with Crippen LogP contribution >= 0.6 is 0 Å².